The van der Waals surface area contributed by atoms with Crippen LogP contribution >= 0.6 is 0 Å². The van der Waals surface area contributed by atoms with Crippen LogP contribution in [0.25, 0.3) is 0 Å². The Balaban J connectivity index is 1.92. The molecule has 11 heteroatoms. The molecule has 0 aliphatic carbocycles. The maximum atomic E-state index is 13.7. The third-order valence-corrected chi connectivity index (χ3v) is 7.29. The molecule has 0 bridgehead atoms. The third-order valence-electron chi connectivity index (χ3n) is 6.15. The van der Waals surface area contributed by atoms with Crippen molar-refractivity contribution in [2.24, 2.45) is 0 Å². The molecule has 3 rings (SSSR count). The molecule has 0 saturated carbocycles. The smallest absolute Gasteiger partial charge is 0.244 e. The van der Waals surface area contributed by atoms with Crippen molar-refractivity contribution in [2.75, 3.05) is 37.4 Å². The second-order valence-corrected chi connectivity index (χ2v) is 10.9. The monoisotopic (exact) mass is 533 g/mol. The molecule has 0 radical (unpaired) electrons. The Bertz CT molecular complexity index is 1220. The molecule has 0 aromatic heterocycles. The van der Waals surface area contributed by atoms with E-state index >= 15 is 0 Å². The summed E-state index contributed by atoms with van der Waals surface area (Å²) < 4.78 is 43.0. The molecule has 0 unspecified atom stereocenters. The van der Waals surface area contributed by atoms with Gasteiger partial charge in [0.2, 0.25) is 21.8 Å². The zero-order chi connectivity index (χ0) is 27.2. The lowest BCUT2D eigenvalue weighted by molar-refractivity contribution is -0.139. The normalized spacial score (nSPS) is 14.3. The van der Waals surface area contributed by atoms with Crippen LogP contribution in [0.3, 0.4) is 0 Å². The minimum absolute atomic E-state index is 0.0750. The Hall–Kier alpha value is -3.47. The number of nitrogens with one attached hydrogen (secondary N) is 1. The largest absolute Gasteiger partial charge is 0.497 e. The summed E-state index contributed by atoms with van der Waals surface area (Å²) in [5, 5.41) is 2.90. The molecule has 1 aliphatic rings. The quantitative estimate of drug-likeness (QED) is 0.472. The number of fused-ring (bicyclic) bond motifs is 1. The van der Waals surface area contributed by atoms with Crippen molar-refractivity contribution in [3.8, 4) is 17.2 Å². The summed E-state index contributed by atoms with van der Waals surface area (Å²) in [7, 11) is -2.31. The lowest BCUT2D eigenvalue weighted by atomic mass is 10.1. The van der Waals surface area contributed by atoms with Crippen molar-refractivity contribution in [3.05, 3.63) is 48.0 Å². The molecular formula is C26H35N3O7S. The van der Waals surface area contributed by atoms with Gasteiger partial charge in [0.15, 0.2) is 11.5 Å². The van der Waals surface area contributed by atoms with Crippen LogP contribution in [0.5, 0.6) is 17.2 Å². The standard InChI is InChI=1S/C26H35N3O7S/c1-6-18(2)27-26(31)19(3)28(16-20-8-7-9-22(14-20)34-4)25(30)17-29(37(5,32)33)21-10-11-23-24(15-21)36-13-12-35-23/h7-11,14-15,18-19H,6,12-13,16-17H2,1-5H3,(H,27,31)/t18-,19-/m1/s1. The summed E-state index contributed by atoms with van der Waals surface area (Å²) in [6.45, 7) is 5.79. The van der Waals surface area contributed by atoms with E-state index in [4.69, 9.17) is 14.2 Å². The molecule has 2 aromatic rings. The van der Waals surface area contributed by atoms with Crippen LogP contribution in [-0.4, -0.2) is 70.3 Å². The number of nitrogens with zero attached hydrogens (tertiary/aromatic N) is 2. The highest BCUT2D eigenvalue weighted by Crippen LogP contribution is 2.34. The van der Waals surface area contributed by atoms with Crippen molar-refractivity contribution in [3.63, 3.8) is 0 Å². The van der Waals surface area contributed by atoms with Crippen LogP contribution in [0.4, 0.5) is 5.69 Å². The number of hydrogen-bond acceptors (Lipinski definition) is 7. The van der Waals surface area contributed by atoms with E-state index in [1.165, 1.54) is 11.0 Å². The summed E-state index contributed by atoms with van der Waals surface area (Å²) in [6.07, 6.45) is 1.76. The van der Waals surface area contributed by atoms with Crippen LogP contribution in [0.2, 0.25) is 0 Å². The van der Waals surface area contributed by atoms with E-state index in [9.17, 15) is 18.0 Å². The number of methoxy groups -OCH3 is 1. The zero-order valence-electron chi connectivity index (χ0n) is 21.9. The van der Waals surface area contributed by atoms with Gasteiger partial charge in [-0.1, -0.05) is 19.1 Å². The Labute approximate surface area is 218 Å². The van der Waals surface area contributed by atoms with Crippen molar-refractivity contribution < 1.29 is 32.2 Å². The molecule has 37 heavy (non-hydrogen) atoms. The first-order valence-corrected chi connectivity index (χ1v) is 14.0. The Morgan fingerprint density at radius 1 is 1.08 bits per heavy atom. The van der Waals surface area contributed by atoms with Gasteiger partial charge in [0, 0.05) is 18.7 Å². The minimum Gasteiger partial charge on any atom is -0.497 e. The van der Waals surface area contributed by atoms with E-state index in [2.05, 4.69) is 5.32 Å². The number of sulfonamides is 1. The molecular weight excluding hydrogens is 498 g/mol. The Morgan fingerprint density at radius 3 is 2.43 bits per heavy atom. The predicted molar refractivity (Wildman–Crippen MR) is 141 cm³/mol. The van der Waals surface area contributed by atoms with Gasteiger partial charge in [-0.25, -0.2) is 8.42 Å². The highest BCUT2D eigenvalue weighted by Gasteiger charge is 2.31. The van der Waals surface area contributed by atoms with Gasteiger partial charge >= 0.3 is 0 Å². The first-order chi connectivity index (χ1) is 17.5. The summed E-state index contributed by atoms with van der Waals surface area (Å²) in [4.78, 5) is 28.0. The summed E-state index contributed by atoms with van der Waals surface area (Å²) >= 11 is 0. The number of carbonyl (C=O) groups is 2. The number of ether oxygens (including phenoxy) is 3. The molecule has 2 aromatic carbocycles. The van der Waals surface area contributed by atoms with Crippen molar-refractivity contribution in [2.45, 2.75) is 45.8 Å². The lowest BCUT2D eigenvalue weighted by Gasteiger charge is -2.32. The van der Waals surface area contributed by atoms with Gasteiger partial charge in [0.25, 0.3) is 0 Å². The second kappa shape index (κ2) is 12.2. The van der Waals surface area contributed by atoms with E-state index in [-0.39, 0.29) is 24.2 Å². The number of benzene rings is 2. The third kappa shape index (κ3) is 7.28. The van der Waals surface area contributed by atoms with Crippen LogP contribution < -0.4 is 23.8 Å². The van der Waals surface area contributed by atoms with Crippen LogP contribution in [-0.2, 0) is 26.2 Å². The molecule has 1 aliphatic heterocycles. The van der Waals surface area contributed by atoms with Gasteiger partial charge in [0.1, 0.15) is 31.5 Å². The average Bonchev–Trinajstić information content (AvgIpc) is 2.88. The fourth-order valence-electron chi connectivity index (χ4n) is 3.82. The van der Waals surface area contributed by atoms with E-state index < -0.39 is 28.5 Å². The Morgan fingerprint density at radius 2 is 1.78 bits per heavy atom. The second-order valence-electron chi connectivity index (χ2n) is 8.96. The van der Waals surface area contributed by atoms with E-state index in [1.807, 2.05) is 19.9 Å². The summed E-state index contributed by atoms with van der Waals surface area (Å²) in [6, 6.07) is 10.9. The molecule has 2 amide bonds. The van der Waals surface area contributed by atoms with Crippen LogP contribution in [0.1, 0.15) is 32.8 Å². The maximum Gasteiger partial charge on any atom is 0.244 e. The number of hydrogen-bond donors (Lipinski definition) is 1. The molecule has 0 saturated heterocycles. The highest BCUT2D eigenvalue weighted by molar-refractivity contribution is 7.92. The van der Waals surface area contributed by atoms with Crippen molar-refractivity contribution in [1.29, 1.82) is 0 Å². The Kier molecular flexibility index (Phi) is 9.25. The number of anilines is 1. The average molecular weight is 534 g/mol. The first-order valence-electron chi connectivity index (χ1n) is 12.1. The van der Waals surface area contributed by atoms with Gasteiger partial charge in [-0.15, -0.1) is 0 Å². The topological polar surface area (TPSA) is 114 Å². The molecule has 0 spiro atoms. The molecule has 1 heterocycles. The SMILES string of the molecule is CC[C@@H](C)NC(=O)[C@@H](C)N(Cc1cccc(OC)c1)C(=O)CN(c1ccc2c(c1)OCCO2)S(C)(=O)=O. The fourth-order valence-corrected chi connectivity index (χ4v) is 4.66. The van der Waals surface area contributed by atoms with E-state index in [1.54, 1.807) is 44.4 Å². The summed E-state index contributed by atoms with van der Waals surface area (Å²) in [5.74, 6) is 0.658. The summed E-state index contributed by atoms with van der Waals surface area (Å²) in [5.41, 5.74) is 0.999. The van der Waals surface area contributed by atoms with E-state index in [0.29, 0.717) is 30.5 Å². The molecule has 2 atom stereocenters. The molecule has 1 N–H and O–H groups in total. The van der Waals surface area contributed by atoms with Crippen molar-refractivity contribution >= 4 is 27.5 Å². The number of amides is 2. The van der Waals surface area contributed by atoms with Crippen LogP contribution in [0.15, 0.2) is 42.5 Å². The molecule has 0 fully saturated rings. The van der Waals surface area contributed by atoms with Crippen molar-refractivity contribution in [1.82, 2.24) is 10.2 Å². The minimum atomic E-state index is -3.86. The van der Waals surface area contributed by atoms with Gasteiger partial charge < -0.3 is 24.4 Å². The number of rotatable bonds is 11. The zero-order valence-corrected chi connectivity index (χ0v) is 22.7. The van der Waals surface area contributed by atoms with Gasteiger partial charge in [0.05, 0.1) is 19.1 Å². The number of carbonyl (C=O) groups excluding carboxylic acids is 2. The fraction of sp³-hybridized carbons (Fsp3) is 0.462. The van der Waals surface area contributed by atoms with Crippen LogP contribution in [0, 0.1) is 0 Å². The molecule has 202 valence electrons. The maximum absolute atomic E-state index is 13.7. The highest BCUT2D eigenvalue weighted by atomic mass is 32.2. The molecule has 10 nitrogen and oxygen atoms in total. The van der Waals surface area contributed by atoms with Gasteiger partial charge in [-0.05, 0) is 50.1 Å². The van der Waals surface area contributed by atoms with Gasteiger partial charge in [-0.2, -0.15) is 0 Å². The van der Waals surface area contributed by atoms with Gasteiger partial charge in [-0.3, -0.25) is 13.9 Å². The first kappa shape index (κ1) is 28.1. The lowest BCUT2D eigenvalue weighted by Crippen LogP contribution is -2.52. The predicted octanol–water partition coefficient (Wildman–Crippen LogP) is 2.56. The van der Waals surface area contributed by atoms with E-state index in [0.717, 1.165) is 22.5 Å².